The third-order valence-corrected chi connectivity index (χ3v) is 5.51. The summed E-state index contributed by atoms with van der Waals surface area (Å²) in [6.45, 7) is 4.17. The zero-order chi connectivity index (χ0) is 19.7. The van der Waals surface area contributed by atoms with Crippen molar-refractivity contribution in [1.82, 2.24) is 0 Å². The van der Waals surface area contributed by atoms with Crippen molar-refractivity contribution in [2.45, 2.75) is 25.8 Å². The Hall–Kier alpha value is -3.12. The molecule has 6 heteroatoms. The Morgan fingerprint density at radius 1 is 1.07 bits per heavy atom. The lowest BCUT2D eigenvalue weighted by Gasteiger charge is -2.19. The van der Waals surface area contributed by atoms with Gasteiger partial charge in [-0.1, -0.05) is 44.2 Å². The molecular weight excluding hydrogens is 370 g/mol. The van der Waals surface area contributed by atoms with E-state index in [4.69, 9.17) is 0 Å². The number of anilines is 1. The van der Waals surface area contributed by atoms with Crippen LogP contribution in [-0.2, 0) is 4.79 Å². The average molecular weight is 389 g/mol. The van der Waals surface area contributed by atoms with E-state index in [9.17, 15) is 9.59 Å². The van der Waals surface area contributed by atoms with Gasteiger partial charge in [0.25, 0.3) is 11.8 Å². The number of nitrogens with zero attached hydrogens (tertiary/aromatic N) is 2. The summed E-state index contributed by atoms with van der Waals surface area (Å²) in [5, 5.41) is 6.05. The van der Waals surface area contributed by atoms with Crippen LogP contribution < -0.4 is 16.0 Å². The Morgan fingerprint density at radius 2 is 1.86 bits per heavy atom. The van der Waals surface area contributed by atoms with E-state index in [1.807, 2.05) is 47.8 Å². The van der Waals surface area contributed by atoms with Crippen LogP contribution in [0.5, 0.6) is 0 Å². The molecule has 0 fully saturated rings. The molecule has 1 aliphatic heterocycles. The molecule has 1 aromatic heterocycles. The van der Waals surface area contributed by atoms with Gasteiger partial charge in [0.15, 0.2) is 6.04 Å². The van der Waals surface area contributed by atoms with Crippen molar-refractivity contribution >= 4 is 28.8 Å². The minimum atomic E-state index is -0.771. The second-order valence-corrected chi connectivity index (χ2v) is 7.85. The maximum Gasteiger partial charge on any atom is 0.275 e. The second kappa shape index (κ2) is 7.48. The summed E-state index contributed by atoms with van der Waals surface area (Å²) in [5.41, 5.74) is 2.32. The predicted molar refractivity (Wildman–Crippen MR) is 109 cm³/mol. The first-order valence-electron chi connectivity index (χ1n) is 9.07. The number of hydrogen-bond acceptors (Lipinski definition) is 4. The van der Waals surface area contributed by atoms with Gasteiger partial charge in [-0.25, -0.2) is 4.99 Å². The lowest BCUT2D eigenvalue weighted by Crippen LogP contribution is -2.33. The van der Waals surface area contributed by atoms with Crippen LogP contribution in [0.1, 0.15) is 46.6 Å². The van der Waals surface area contributed by atoms with Gasteiger partial charge in [0, 0.05) is 11.3 Å². The molecule has 140 valence electrons. The van der Waals surface area contributed by atoms with E-state index in [1.165, 1.54) is 11.3 Å². The molecule has 1 unspecified atom stereocenters. The summed E-state index contributed by atoms with van der Waals surface area (Å²) in [5.74, 6) is -0.246. The van der Waals surface area contributed by atoms with Gasteiger partial charge in [-0.05, 0) is 41.1 Å². The standard InChI is InChI=1S/C22H19N3O2S/c1-13(2)14-9-10-16(24-21(26)19-8-5-11-28-19)15(12-14)20-22(27)25-18-7-4-3-6-17(18)23-20/h3-13,20H,1-2H3,(H,24,26). The van der Waals surface area contributed by atoms with Gasteiger partial charge in [0.05, 0.1) is 15.6 Å². The molecule has 0 saturated carbocycles. The summed E-state index contributed by atoms with van der Waals surface area (Å²) in [6, 6.07) is 15.9. The van der Waals surface area contributed by atoms with Gasteiger partial charge >= 0.3 is 0 Å². The van der Waals surface area contributed by atoms with Gasteiger partial charge < -0.3 is 5.32 Å². The van der Waals surface area contributed by atoms with Crippen molar-refractivity contribution in [3.63, 3.8) is 0 Å². The number of hydrogen-bond donors (Lipinski definition) is 1. The van der Waals surface area contributed by atoms with Gasteiger partial charge in [0.2, 0.25) is 0 Å². The number of thiophene rings is 1. The SMILES string of the molecule is CC(C)c1ccc(NC(=O)c2cccs2)c(C2N=c3ccccc3=NC2=O)c1. The summed E-state index contributed by atoms with van der Waals surface area (Å²) in [7, 11) is 0. The Labute approximate surface area is 166 Å². The van der Waals surface area contributed by atoms with Gasteiger partial charge in [-0.3, -0.25) is 14.6 Å². The smallest absolute Gasteiger partial charge is 0.275 e. The number of nitrogens with one attached hydrogen (secondary N) is 1. The molecule has 2 heterocycles. The van der Waals surface area contributed by atoms with Gasteiger partial charge in [-0.15, -0.1) is 11.3 Å². The fraction of sp³-hybridized carbons (Fsp3) is 0.182. The Kier molecular flexibility index (Phi) is 4.88. The molecule has 0 bridgehead atoms. The summed E-state index contributed by atoms with van der Waals surface area (Å²) >= 11 is 1.37. The predicted octanol–water partition coefficient (Wildman–Crippen LogP) is 3.64. The fourth-order valence-corrected chi connectivity index (χ4v) is 3.74. The van der Waals surface area contributed by atoms with E-state index >= 15 is 0 Å². The van der Waals surface area contributed by atoms with E-state index < -0.39 is 6.04 Å². The van der Waals surface area contributed by atoms with Crippen LogP contribution in [0, 0.1) is 0 Å². The lowest BCUT2D eigenvalue weighted by molar-refractivity contribution is -0.119. The van der Waals surface area contributed by atoms with Gasteiger partial charge in [0.1, 0.15) is 0 Å². The molecule has 2 aromatic carbocycles. The molecule has 3 aromatic rings. The molecule has 5 nitrogen and oxygen atoms in total. The quantitative estimate of drug-likeness (QED) is 0.740. The van der Waals surface area contributed by atoms with Crippen molar-refractivity contribution < 1.29 is 9.59 Å². The summed E-state index contributed by atoms with van der Waals surface area (Å²) in [4.78, 5) is 34.8. The number of carbonyl (C=O) groups excluding carboxylic acids is 2. The van der Waals surface area contributed by atoms with Crippen molar-refractivity contribution in [2.75, 3.05) is 5.32 Å². The zero-order valence-electron chi connectivity index (χ0n) is 15.5. The Morgan fingerprint density at radius 3 is 2.57 bits per heavy atom. The van der Waals surface area contributed by atoms with Crippen LogP contribution in [0.2, 0.25) is 0 Å². The third-order valence-electron chi connectivity index (χ3n) is 4.64. The van der Waals surface area contributed by atoms with Crippen LogP contribution in [0.25, 0.3) is 0 Å². The zero-order valence-corrected chi connectivity index (χ0v) is 16.4. The molecule has 1 N–H and O–H groups in total. The highest BCUT2D eigenvalue weighted by molar-refractivity contribution is 7.12. The van der Waals surface area contributed by atoms with E-state index in [0.29, 0.717) is 26.8 Å². The Bertz CT molecular complexity index is 1170. The lowest BCUT2D eigenvalue weighted by atomic mass is 9.95. The molecule has 1 aliphatic rings. The fourth-order valence-electron chi connectivity index (χ4n) is 3.12. The molecule has 0 radical (unpaired) electrons. The van der Waals surface area contributed by atoms with E-state index in [1.54, 1.807) is 12.1 Å². The largest absolute Gasteiger partial charge is 0.321 e. The molecule has 2 amide bonds. The van der Waals surface area contributed by atoms with Crippen LogP contribution >= 0.6 is 11.3 Å². The Balaban J connectivity index is 1.80. The highest BCUT2D eigenvalue weighted by Crippen LogP contribution is 2.31. The van der Waals surface area contributed by atoms with Crippen LogP contribution in [-0.4, -0.2) is 11.8 Å². The average Bonchev–Trinajstić information content (AvgIpc) is 3.22. The number of benzene rings is 2. The van der Waals surface area contributed by atoms with Gasteiger partial charge in [-0.2, -0.15) is 0 Å². The van der Waals surface area contributed by atoms with E-state index in [2.05, 4.69) is 29.1 Å². The van der Waals surface area contributed by atoms with E-state index in [0.717, 1.165) is 5.56 Å². The topological polar surface area (TPSA) is 70.9 Å². The highest BCUT2D eigenvalue weighted by atomic mass is 32.1. The number of para-hydroxylation sites is 2. The molecule has 4 rings (SSSR count). The number of fused-ring (bicyclic) bond motifs is 1. The first-order chi connectivity index (χ1) is 13.5. The van der Waals surface area contributed by atoms with Crippen molar-refractivity contribution in [1.29, 1.82) is 0 Å². The highest BCUT2D eigenvalue weighted by Gasteiger charge is 2.26. The van der Waals surface area contributed by atoms with Crippen molar-refractivity contribution in [2.24, 2.45) is 9.98 Å². The third kappa shape index (κ3) is 3.51. The summed E-state index contributed by atoms with van der Waals surface area (Å²) < 4.78 is 0. The monoisotopic (exact) mass is 389 g/mol. The first-order valence-corrected chi connectivity index (χ1v) is 9.95. The molecular formula is C22H19N3O2S. The minimum Gasteiger partial charge on any atom is -0.321 e. The maximum absolute atomic E-state index is 12.7. The van der Waals surface area contributed by atoms with Crippen LogP contribution in [0.4, 0.5) is 5.69 Å². The molecule has 0 saturated heterocycles. The van der Waals surface area contributed by atoms with Crippen LogP contribution in [0.15, 0.2) is 70.0 Å². The van der Waals surface area contributed by atoms with Crippen molar-refractivity contribution in [3.8, 4) is 0 Å². The number of carbonyl (C=O) groups is 2. The summed E-state index contributed by atoms with van der Waals surface area (Å²) in [6.07, 6.45) is 0. The maximum atomic E-state index is 12.7. The second-order valence-electron chi connectivity index (χ2n) is 6.90. The molecule has 0 spiro atoms. The van der Waals surface area contributed by atoms with Crippen LogP contribution in [0.3, 0.4) is 0 Å². The van der Waals surface area contributed by atoms with Crippen molar-refractivity contribution in [3.05, 3.63) is 86.7 Å². The number of rotatable bonds is 4. The molecule has 0 aliphatic carbocycles. The van der Waals surface area contributed by atoms with E-state index in [-0.39, 0.29) is 17.7 Å². The molecule has 28 heavy (non-hydrogen) atoms. The normalized spacial score (nSPS) is 15.5. The minimum absolute atomic E-state index is 0.200. The number of amides is 2. The first kappa shape index (κ1) is 18.3. The molecule has 1 atom stereocenters.